The van der Waals surface area contributed by atoms with Gasteiger partial charge in [0.2, 0.25) is 5.91 Å². The summed E-state index contributed by atoms with van der Waals surface area (Å²) in [5, 5.41) is 9.45. The fraction of sp³-hybridized carbons (Fsp3) is 0.667. The van der Waals surface area contributed by atoms with Gasteiger partial charge in [-0.1, -0.05) is 26.0 Å². The van der Waals surface area contributed by atoms with E-state index >= 15 is 0 Å². The maximum absolute atomic E-state index is 11.6. The number of carbonyl (C=O) groups is 2. The SMILES string of the molecule is C=C1C(C)(C)[C@]2(C(=O)O)CC[C@@]1(C(N)=O)C2. The number of amides is 1. The van der Waals surface area contributed by atoms with Gasteiger partial charge in [-0.15, -0.1) is 0 Å². The van der Waals surface area contributed by atoms with Gasteiger partial charge >= 0.3 is 5.97 Å². The molecule has 88 valence electrons. The molecule has 2 aliphatic rings. The Morgan fingerprint density at radius 2 is 1.94 bits per heavy atom. The molecule has 2 saturated carbocycles. The van der Waals surface area contributed by atoms with Gasteiger partial charge in [-0.3, -0.25) is 9.59 Å². The highest BCUT2D eigenvalue weighted by atomic mass is 16.4. The molecule has 0 radical (unpaired) electrons. The second-order valence-electron chi connectivity index (χ2n) is 5.61. The van der Waals surface area contributed by atoms with Gasteiger partial charge in [0.1, 0.15) is 0 Å². The lowest BCUT2D eigenvalue weighted by Gasteiger charge is -2.41. The first-order valence-electron chi connectivity index (χ1n) is 5.44. The molecule has 4 heteroatoms. The first-order chi connectivity index (χ1) is 7.21. The minimum Gasteiger partial charge on any atom is -0.481 e. The zero-order chi connectivity index (χ0) is 12.4. The van der Waals surface area contributed by atoms with Crippen LogP contribution in [-0.4, -0.2) is 17.0 Å². The summed E-state index contributed by atoms with van der Waals surface area (Å²) in [6.45, 7) is 7.66. The molecule has 2 atom stereocenters. The van der Waals surface area contributed by atoms with E-state index < -0.39 is 28.1 Å². The van der Waals surface area contributed by atoms with Crippen LogP contribution in [0, 0.1) is 16.2 Å². The van der Waals surface area contributed by atoms with E-state index in [0.29, 0.717) is 24.8 Å². The van der Waals surface area contributed by atoms with Crippen molar-refractivity contribution >= 4 is 11.9 Å². The number of fused-ring (bicyclic) bond motifs is 2. The highest BCUT2D eigenvalue weighted by Crippen LogP contribution is 2.72. The maximum Gasteiger partial charge on any atom is 0.310 e. The predicted molar refractivity (Wildman–Crippen MR) is 58.5 cm³/mol. The number of hydrogen-bond donors (Lipinski definition) is 2. The smallest absolute Gasteiger partial charge is 0.310 e. The molecular weight excluding hydrogens is 206 g/mol. The molecule has 16 heavy (non-hydrogen) atoms. The van der Waals surface area contributed by atoms with E-state index in [2.05, 4.69) is 6.58 Å². The Morgan fingerprint density at radius 3 is 2.25 bits per heavy atom. The van der Waals surface area contributed by atoms with Crippen LogP contribution in [-0.2, 0) is 9.59 Å². The molecule has 0 heterocycles. The number of aliphatic carboxylic acids is 1. The number of hydrogen-bond acceptors (Lipinski definition) is 2. The van der Waals surface area contributed by atoms with Gasteiger partial charge in [-0.2, -0.15) is 0 Å². The standard InChI is InChI=1S/C12H17NO3/c1-7-10(2,3)12(9(15)16)5-4-11(7,6-12)8(13)14/h1,4-6H2,2-3H3,(H2,13,14)(H,15,16)/t11-,12-/m1/s1. The van der Waals surface area contributed by atoms with Crippen LogP contribution >= 0.6 is 0 Å². The molecule has 0 aromatic heterocycles. The number of rotatable bonds is 2. The molecule has 0 aromatic rings. The van der Waals surface area contributed by atoms with Crippen molar-refractivity contribution < 1.29 is 14.7 Å². The minimum absolute atomic E-state index is 0.316. The Hall–Kier alpha value is -1.32. The summed E-state index contributed by atoms with van der Waals surface area (Å²) in [7, 11) is 0. The second kappa shape index (κ2) is 2.67. The zero-order valence-electron chi connectivity index (χ0n) is 9.67. The normalized spacial score (nSPS) is 40.0. The van der Waals surface area contributed by atoms with E-state index in [9.17, 15) is 14.7 Å². The van der Waals surface area contributed by atoms with Crippen molar-refractivity contribution in [2.24, 2.45) is 22.0 Å². The van der Waals surface area contributed by atoms with Crippen LogP contribution in [0.15, 0.2) is 12.2 Å². The molecule has 0 saturated heterocycles. The monoisotopic (exact) mass is 223 g/mol. The lowest BCUT2D eigenvalue weighted by Crippen LogP contribution is -2.43. The van der Waals surface area contributed by atoms with Crippen molar-refractivity contribution in [3.63, 3.8) is 0 Å². The summed E-state index contributed by atoms with van der Waals surface area (Å²) in [5.41, 5.74) is 3.93. The molecule has 0 spiro atoms. The summed E-state index contributed by atoms with van der Waals surface area (Å²) in [6.07, 6.45) is 1.35. The van der Waals surface area contributed by atoms with Gasteiger partial charge in [0.25, 0.3) is 0 Å². The fourth-order valence-electron chi connectivity index (χ4n) is 3.61. The van der Waals surface area contributed by atoms with Gasteiger partial charge < -0.3 is 10.8 Å². The van der Waals surface area contributed by atoms with E-state index in [1.165, 1.54) is 0 Å². The lowest BCUT2D eigenvalue weighted by atomic mass is 9.61. The molecule has 4 nitrogen and oxygen atoms in total. The summed E-state index contributed by atoms with van der Waals surface area (Å²) in [5.74, 6) is -1.26. The molecule has 0 aromatic carbocycles. The van der Waals surface area contributed by atoms with E-state index in [4.69, 9.17) is 5.73 Å². The summed E-state index contributed by atoms with van der Waals surface area (Å²) >= 11 is 0. The van der Waals surface area contributed by atoms with Gasteiger partial charge in [0, 0.05) is 5.41 Å². The third-order valence-corrected chi connectivity index (χ3v) is 4.99. The largest absolute Gasteiger partial charge is 0.481 e. The molecule has 2 fully saturated rings. The summed E-state index contributed by atoms with van der Waals surface area (Å²) in [4.78, 5) is 23.1. The van der Waals surface area contributed by atoms with E-state index in [0.717, 1.165) is 0 Å². The minimum atomic E-state index is -0.862. The number of carboxylic acids is 1. The van der Waals surface area contributed by atoms with Crippen LogP contribution in [0.1, 0.15) is 33.1 Å². The molecule has 2 aliphatic carbocycles. The van der Waals surface area contributed by atoms with Crippen molar-refractivity contribution in [2.75, 3.05) is 0 Å². The van der Waals surface area contributed by atoms with Crippen LogP contribution < -0.4 is 5.73 Å². The molecule has 0 aliphatic heterocycles. The number of carbonyl (C=O) groups excluding carboxylic acids is 1. The van der Waals surface area contributed by atoms with Crippen LogP contribution in [0.5, 0.6) is 0 Å². The van der Waals surface area contributed by atoms with Crippen LogP contribution in [0.2, 0.25) is 0 Å². The van der Waals surface area contributed by atoms with Crippen molar-refractivity contribution in [1.82, 2.24) is 0 Å². The Labute approximate surface area is 94.5 Å². The van der Waals surface area contributed by atoms with Crippen molar-refractivity contribution in [3.8, 4) is 0 Å². The Balaban J connectivity index is 2.61. The lowest BCUT2D eigenvalue weighted by molar-refractivity contribution is -0.153. The van der Waals surface area contributed by atoms with Gasteiger partial charge in [0.05, 0.1) is 10.8 Å². The van der Waals surface area contributed by atoms with Gasteiger partial charge in [-0.25, -0.2) is 0 Å². The van der Waals surface area contributed by atoms with Gasteiger partial charge in [0.15, 0.2) is 0 Å². The molecule has 2 bridgehead atoms. The van der Waals surface area contributed by atoms with Gasteiger partial charge in [-0.05, 0) is 19.3 Å². The summed E-state index contributed by atoms with van der Waals surface area (Å²) < 4.78 is 0. The zero-order valence-corrected chi connectivity index (χ0v) is 9.67. The summed E-state index contributed by atoms with van der Waals surface area (Å²) in [6, 6.07) is 0. The van der Waals surface area contributed by atoms with Crippen LogP contribution in [0.25, 0.3) is 0 Å². The fourth-order valence-corrected chi connectivity index (χ4v) is 3.61. The third kappa shape index (κ3) is 0.867. The first-order valence-corrected chi connectivity index (χ1v) is 5.44. The van der Waals surface area contributed by atoms with E-state index in [1.54, 1.807) is 0 Å². The second-order valence-corrected chi connectivity index (χ2v) is 5.61. The molecule has 3 N–H and O–H groups in total. The van der Waals surface area contributed by atoms with Crippen molar-refractivity contribution in [1.29, 1.82) is 0 Å². The molecule has 1 amide bonds. The molecular formula is C12H17NO3. The predicted octanol–water partition coefficient (Wildman–Crippen LogP) is 1.31. The number of primary amides is 1. The van der Waals surface area contributed by atoms with E-state index in [1.807, 2.05) is 13.8 Å². The van der Waals surface area contributed by atoms with E-state index in [-0.39, 0.29) is 0 Å². The number of carboxylic acid groups (broad SMARTS) is 1. The Bertz CT molecular complexity index is 412. The molecule has 0 unspecified atom stereocenters. The number of nitrogens with two attached hydrogens (primary N) is 1. The van der Waals surface area contributed by atoms with Crippen LogP contribution in [0.3, 0.4) is 0 Å². The first kappa shape index (κ1) is 11.2. The quantitative estimate of drug-likeness (QED) is 0.692. The third-order valence-electron chi connectivity index (χ3n) is 4.99. The maximum atomic E-state index is 11.6. The average molecular weight is 223 g/mol. The highest BCUT2D eigenvalue weighted by molar-refractivity contribution is 5.91. The highest BCUT2D eigenvalue weighted by Gasteiger charge is 2.71. The van der Waals surface area contributed by atoms with Crippen LogP contribution in [0.4, 0.5) is 0 Å². The molecule has 2 rings (SSSR count). The average Bonchev–Trinajstić information content (AvgIpc) is 2.64. The van der Waals surface area contributed by atoms with Crippen molar-refractivity contribution in [3.05, 3.63) is 12.2 Å². The Kier molecular flexibility index (Phi) is 1.87. The van der Waals surface area contributed by atoms with Crippen molar-refractivity contribution in [2.45, 2.75) is 33.1 Å². The Morgan fingerprint density at radius 1 is 1.38 bits per heavy atom. The topological polar surface area (TPSA) is 80.4 Å².